The molecule has 0 bridgehead atoms. The molecule has 0 aliphatic rings. The minimum absolute atomic E-state index is 0.0922. The predicted octanol–water partition coefficient (Wildman–Crippen LogP) is 5.97. The lowest BCUT2D eigenvalue weighted by molar-refractivity contribution is -0.140. The molecule has 0 amide bonds. The Bertz CT molecular complexity index is 279. The van der Waals surface area contributed by atoms with E-state index in [0.717, 1.165) is 32.1 Å². The molecular weight excluding hydrogens is 260 g/mol. The fraction of sp³-hybridized carbons (Fsp3) is 0.737. The molecule has 0 aliphatic heterocycles. The van der Waals surface area contributed by atoms with Crippen molar-refractivity contribution in [2.75, 3.05) is 7.11 Å². The highest BCUT2D eigenvalue weighted by atomic mass is 16.5. The minimum atomic E-state index is -0.0922. The fourth-order valence-electron chi connectivity index (χ4n) is 2.18. The van der Waals surface area contributed by atoms with Gasteiger partial charge in [0.15, 0.2) is 0 Å². The van der Waals surface area contributed by atoms with Gasteiger partial charge in [-0.25, -0.2) is 0 Å². The second kappa shape index (κ2) is 17.0. The van der Waals surface area contributed by atoms with E-state index in [1.807, 2.05) is 0 Å². The molecule has 0 atom stereocenters. The van der Waals surface area contributed by atoms with Crippen LogP contribution in [-0.2, 0) is 9.53 Å². The van der Waals surface area contributed by atoms with Crippen molar-refractivity contribution >= 4 is 5.97 Å². The van der Waals surface area contributed by atoms with Gasteiger partial charge in [0, 0.05) is 6.42 Å². The van der Waals surface area contributed by atoms with Crippen LogP contribution in [0.3, 0.4) is 0 Å². The quantitative estimate of drug-likeness (QED) is 0.224. The molecule has 0 aliphatic carbocycles. The van der Waals surface area contributed by atoms with Gasteiger partial charge in [-0.1, -0.05) is 63.3 Å². The van der Waals surface area contributed by atoms with Crippen molar-refractivity contribution in [2.24, 2.45) is 0 Å². The first kappa shape index (κ1) is 19.9. The van der Waals surface area contributed by atoms with Crippen LogP contribution in [-0.4, -0.2) is 13.1 Å². The molecule has 0 aromatic carbocycles. The van der Waals surface area contributed by atoms with E-state index >= 15 is 0 Å². The van der Waals surface area contributed by atoms with Gasteiger partial charge in [-0.3, -0.25) is 4.79 Å². The van der Waals surface area contributed by atoms with Crippen LogP contribution in [0.5, 0.6) is 0 Å². The normalized spacial score (nSPS) is 11.5. The van der Waals surface area contributed by atoms with Crippen molar-refractivity contribution in [3.8, 4) is 0 Å². The summed E-state index contributed by atoms with van der Waals surface area (Å²) in [5.41, 5.74) is 0. The standard InChI is InChI=1S/C19H34O2/c1-3-4-5-6-7-8-9-10-11-12-13-14-15-16-17-18-19(20)21-2/h9-10,12-13H,3-8,11,14-18H2,1-2H3. The molecule has 0 rings (SSSR count). The number of carbonyl (C=O) groups excluding carboxylic acids is 1. The van der Waals surface area contributed by atoms with Gasteiger partial charge in [0.25, 0.3) is 0 Å². The van der Waals surface area contributed by atoms with Crippen LogP contribution >= 0.6 is 0 Å². The maximum Gasteiger partial charge on any atom is 0.305 e. The van der Waals surface area contributed by atoms with E-state index in [1.54, 1.807) is 0 Å². The van der Waals surface area contributed by atoms with Gasteiger partial charge in [-0.15, -0.1) is 0 Å². The summed E-state index contributed by atoms with van der Waals surface area (Å²) in [7, 11) is 1.45. The van der Waals surface area contributed by atoms with Crippen LogP contribution < -0.4 is 0 Å². The Morgan fingerprint density at radius 2 is 1.38 bits per heavy atom. The summed E-state index contributed by atoms with van der Waals surface area (Å²) >= 11 is 0. The number of hydrogen-bond donors (Lipinski definition) is 0. The van der Waals surface area contributed by atoms with Crippen molar-refractivity contribution in [1.29, 1.82) is 0 Å². The molecule has 0 unspecified atom stereocenters. The van der Waals surface area contributed by atoms with Crippen LogP contribution in [0.2, 0.25) is 0 Å². The number of methoxy groups -OCH3 is 1. The maximum absolute atomic E-state index is 10.9. The molecule has 0 saturated carbocycles. The summed E-state index contributed by atoms with van der Waals surface area (Å²) in [5.74, 6) is -0.0922. The fourth-order valence-corrected chi connectivity index (χ4v) is 2.18. The number of unbranched alkanes of at least 4 members (excludes halogenated alkanes) is 8. The van der Waals surface area contributed by atoms with Crippen molar-refractivity contribution in [3.63, 3.8) is 0 Å². The molecule has 2 nitrogen and oxygen atoms in total. The SMILES string of the molecule is CCCCCCCC=CCC=CCCCCCC(=O)OC. The van der Waals surface area contributed by atoms with Gasteiger partial charge in [0.2, 0.25) is 0 Å². The van der Waals surface area contributed by atoms with Crippen molar-refractivity contribution in [3.05, 3.63) is 24.3 Å². The monoisotopic (exact) mass is 294 g/mol. The average molecular weight is 294 g/mol. The lowest BCUT2D eigenvalue weighted by Gasteiger charge is -1.98. The van der Waals surface area contributed by atoms with Gasteiger partial charge < -0.3 is 4.74 Å². The topological polar surface area (TPSA) is 26.3 Å². The van der Waals surface area contributed by atoms with Crippen LogP contribution in [0.15, 0.2) is 24.3 Å². The largest absolute Gasteiger partial charge is 0.469 e. The van der Waals surface area contributed by atoms with Gasteiger partial charge in [-0.05, 0) is 38.5 Å². The van der Waals surface area contributed by atoms with Crippen LogP contribution in [0.4, 0.5) is 0 Å². The highest BCUT2D eigenvalue weighted by molar-refractivity contribution is 5.68. The summed E-state index contributed by atoms with van der Waals surface area (Å²) in [4.78, 5) is 10.9. The first-order valence-corrected chi connectivity index (χ1v) is 8.68. The van der Waals surface area contributed by atoms with Gasteiger partial charge >= 0.3 is 5.97 Å². The van der Waals surface area contributed by atoms with E-state index in [-0.39, 0.29) is 5.97 Å². The van der Waals surface area contributed by atoms with E-state index < -0.39 is 0 Å². The second-order valence-electron chi connectivity index (χ2n) is 5.56. The third-order valence-corrected chi connectivity index (χ3v) is 3.56. The lowest BCUT2D eigenvalue weighted by Crippen LogP contribution is -1.98. The third kappa shape index (κ3) is 16.9. The van der Waals surface area contributed by atoms with E-state index in [4.69, 9.17) is 0 Å². The Balaban J connectivity index is 3.23. The molecule has 0 radical (unpaired) electrons. The zero-order valence-electron chi connectivity index (χ0n) is 14.1. The first-order valence-electron chi connectivity index (χ1n) is 8.68. The molecular formula is C19H34O2. The summed E-state index contributed by atoms with van der Waals surface area (Å²) < 4.78 is 4.61. The zero-order valence-corrected chi connectivity index (χ0v) is 14.1. The maximum atomic E-state index is 10.9. The molecule has 2 heteroatoms. The molecule has 21 heavy (non-hydrogen) atoms. The number of rotatable bonds is 14. The van der Waals surface area contributed by atoms with Crippen molar-refractivity contribution < 1.29 is 9.53 Å². The van der Waals surface area contributed by atoms with Gasteiger partial charge in [-0.2, -0.15) is 0 Å². The van der Waals surface area contributed by atoms with Crippen molar-refractivity contribution in [1.82, 2.24) is 0 Å². The predicted molar refractivity (Wildman–Crippen MR) is 91.4 cm³/mol. The highest BCUT2D eigenvalue weighted by Gasteiger charge is 1.97. The minimum Gasteiger partial charge on any atom is -0.469 e. The molecule has 122 valence electrons. The number of carbonyl (C=O) groups is 1. The molecule has 0 spiro atoms. The third-order valence-electron chi connectivity index (χ3n) is 3.56. The van der Waals surface area contributed by atoms with Crippen LogP contribution in [0.1, 0.15) is 84.0 Å². The summed E-state index contributed by atoms with van der Waals surface area (Å²) in [6.45, 7) is 2.26. The Kier molecular flexibility index (Phi) is 16.2. The zero-order chi connectivity index (χ0) is 15.6. The molecule has 0 aromatic rings. The number of hydrogen-bond acceptors (Lipinski definition) is 2. The van der Waals surface area contributed by atoms with Crippen LogP contribution in [0.25, 0.3) is 0 Å². The number of esters is 1. The summed E-state index contributed by atoms with van der Waals surface area (Å²) in [5, 5.41) is 0. The Hall–Kier alpha value is -1.05. The smallest absolute Gasteiger partial charge is 0.305 e. The molecule has 0 aromatic heterocycles. The molecule has 0 saturated heterocycles. The average Bonchev–Trinajstić information content (AvgIpc) is 2.50. The summed E-state index contributed by atoms with van der Waals surface area (Å²) in [6.07, 6.45) is 23.0. The first-order chi connectivity index (χ1) is 10.3. The Morgan fingerprint density at radius 3 is 1.95 bits per heavy atom. The Morgan fingerprint density at radius 1 is 0.810 bits per heavy atom. The van der Waals surface area contributed by atoms with E-state index in [2.05, 4.69) is 36.0 Å². The second-order valence-corrected chi connectivity index (χ2v) is 5.56. The van der Waals surface area contributed by atoms with Gasteiger partial charge in [0.1, 0.15) is 0 Å². The van der Waals surface area contributed by atoms with E-state index in [9.17, 15) is 4.79 Å². The summed E-state index contributed by atoms with van der Waals surface area (Å²) in [6, 6.07) is 0. The van der Waals surface area contributed by atoms with Gasteiger partial charge in [0.05, 0.1) is 7.11 Å². The Labute approximate surface area is 131 Å². The number of ether oxygens (including phenoxy) is 1. The van der Waals surface area contributed by atoms with E-state index in [1.165, 1.54) is 45.6 Å². The van der Waals surface area contributed by atoms with Crippen molar-refractivity contribution in [2.45, 2.75) is 84.0 Å². The molecule has 0 heterocycles. The highest BCUT2D eigenvalue weighted by Crippen LogP contribution is 2.06. The lowest BCUT2D eigenvalue weighted by atomic mass is 10.1. The number of allylic oxidation sites excluding steroid dienone is 4. The molecule has 0 fully saturated rings. The van der Waals surface area contributed by atoms with E-state index in [0.29, 0.717) is 6.42 Å². The van der Waals surface area contributed by atoms with Crippen LogP contribution in [0, 0.1) is 0 Å². The molecule has 0 N–H and O–H groups in total.